The third-order valence-corrected chi connectivity index (χ3v) is 3.16. The van der Waals surface area contributed by atoms with Crippen LogP contribution in [-0.4, -0.2) is 17.1 Å². The molecular weight excluding hydrogens is 270 g/mol. The maximum atomic E-state index is 5.72. The van der Waals surface area contributed by atoms with Crippen molar-refractivity contribution >= 4 is 23.0 Å². The van der Waals surface area contributed by atoms with Gasteiger partial charge in [0.15, 0.2) is 0 Å². The van der Waals surface area contributed by atoms with E-state index in [1.54, 1.807) is 7.11 Å². The first-order chi connectivity index (χ1) is 9.61. The number of aromatic nitrogens is 1. The maximum Gasteiger partial charge on any atom is 0.136 e. The van der Waals surface area contributed by atoms with E-state index in [0.717, 1.165) is 22.6 Å². The molecule has 20 heavy (non-hydrogen) atoms. The van der Waals surface area contributed by atoms with Gasteiger partial charge in [-0.3, -0.25) is 0 Å². The summed E-state index contributed by atoms with van der Waals surface area (Å²) in [6, 6.07) is 11.6. The smallest absolute Gasteiger partial charge is 0.136 e. The van der Waals surface area contributed by atoms with Crippen LogP contribution in [0.5, 0.6) is 5.75 Å². The predicted molar refractivity (Wildman–Crippen MR) is 85.2 cm³/mol. The molecule has 2 rings (SSSR count). The van der Waals surface area contributed by atoms with Crippen LogP contribution in [0.3, 0.4) is 0 Å². The standard InChI is InChI=1S/C15H17N3OS/c1-10-7-8-12(14(16)20)15(18-10)17-9-11-5-3-4-6-13(11)19-2/h3-8H,9H2,1-2H3,(H2,16,20)(H,17,18). The van der Waals surface area contributed by atoms with Gasteiger partial charge in [-0.05, 0) is 25.1 Å². The Labute approximate surface area is 124 Å². The number of hydrogen-bond donors (Lipinski definition) is 2. The average Bonchev–Trinajstić information content (AvgIpc) is 2.45. The predicted octanol–water partition coefficient (Wildman–Crippen LogP) is 2.64. The molecule has 0 saturated carbocycles. The molecule has 4 nitrogen and oxygen atoms in total. The first kappa shape index (κ1) is 14.3. The van der Waals surface area contributed by atoms with Crippen LogP contribution in [0.2, 0.25) is 0 Å². The molecule has 0 radical (unpaired) electrons. The van der Waals surface area contributed by atoms with Crippen LogP contribution in [0.15, 0.2) is 36.4 Å². The summed E-state index contributed by atoms with van der Waals surface area (Å²) in [5.74, 6) is 1.54. The topological polar surface area (TPSA) is 60.2 Å². The molecule has 104 valence electrons. The number of rotatable bonds is 5. The molecule has 0 bridgehead atoms. The van der Waals surface area contributed by atoms with Crippen molar-refractivity contribution in [2.45, 2.75) is 13.5 Å². The SMILES string of the molecule is COc1ccccc1CNc1nc(C)ccc1C(N)=S. The summed E-state index contributed by atoms with van der Waals surface area (Å²) in [6.07, 6.45) is 0. The minimum Gasteiger partial charge on any atom is -0.496 e. The number of thiocarbonyl (C=S) groups is 1. The van der Waals surface area contributed by atoms with Gasteiger partial charge in [0.05, 0.1) is 12.7 Å². The number of para-hydroxylation sites is 1. The first-order valence-corrected chi connectivity index (χ1v) is 6.66. The highest BCUT2D eigenvalue weighted by molar-refractivity contribution is 7.80. The van der Waals surface area contributed by atoms with E-state index in [2.05, 4.69) is 10.3 Å². The number of hydrogen-bond acceptors (Lipinski definition) is 4. The molecule has 0 saturated heterocycles. The lowest BCUT2D eigenvalue weighted by Crippen LogP contribution is -2.15. The molecule has 0 atom stereocenters. The molecule has 0 aliphatic rings. The van der Waals surface area contributed by atoms with Gasteiger partial charge >= 0.3 is 0 Å². The summed E-state index contributed by atoms with van der Waals surface area (Å²) in [6.45, 7) is 2.52. The zero-order valence-corrected chi connectivity index (χ0v) is 12.3. The minimum atomic E-state index is 0.333. The molecule has 0 fully saturated rings. The molecule has 1 heterocycles. The lowest BCUT2D eigenvalue weighted by atomic mass is 10.2. The van der Waals surface area contributed by atoms with Gasteiger partial charge in [-0.1, -0.05) is 30.4 Å². The van der Waals surface area contributed by atoms with Crippen LogP contribution in [0.1, 0.15) is 16.8 Å². The molecule has 1 aromatic heterocycles. The highest BCUT2D eigenvalue weighted by Gasteiger charge is 2.08. The van der Waals surface area contributed by atoms with Gasteiger partial charge in [0, 0.05) is 17.8 Å². The number of aryl methyl sites for hydroxylation is 1. The molecule has 3 N–H and O–H groups in total. The van der Waals surface area contributed by atoms with Crippen molar-refractivity contribution in [2.75, 3.05) is 12.4 Å². The number of methoxy groups -OCH3 is 1. The number of pyridine rings is 1. The van der Waals surface area contributed by atoms with Gasteiger partial charge in [0.25, 0.3) is 0 Å². The Morgan fingerprint density at radius 3 is 2.75 bits per heavy atom. The molecule has 0 aliphatic carbocycles. The zero-order valence-electron chi connectivity index (χ0n) is 11.5. The van der Waals surface area contributed by atoms with E-state index < -0.39 is 0 Å². The highest BCUT2D eigenvalue weighted by atomic mass is 32.1. The van der Waals surface area contributed by atoms with E-state index in [-0.39, 0.29) is 0 Å². The van der Waals surface area contributed by atoms with E-state index in [1.165, 1.54) is 0 Å². The second-order valence-electron chi connectivity index (χ2n) is 4.38. The van der Waals surface area contributed by atoms with E-state index in [0.29, 0.717) is 17.4 Å². The molecule has 2 aromatic rings. The van der Waals surface area contributed by atoms with Crippen LogP contribution in [-0.2, 0) is 6.54 Å². The summed E-state index contributed by atoms with van der Waals surface area (Å²) >= 11 is 5.05. The Balaban J connectivity index is 2.22. The van der Waals surface area contributed by atoms with E-state index in [9.17, 15) is 0 Å². The molecule has 0 amide bonds. The summed E-state index contributed by atoms with van der Waals surface area (Å²) in [4.78, 5) is 4.78. The normalized spacial score (nSPS) is 10.1. The van der Waals surface area contributed by atoms with Gasteiger partial charge in [0.2, 0.25) is 0 Å². The number of nitrogens with two attached hydrogens (primary N) is 1. The second kappa shape index (κ2) is 6.34. The summed E-state index contributed by atoms with van der Waals surface area (Å²) in [5, 5.41) is 3.27. The summed E-state index contributed by atoms with van der Waals surface area (Å²) in [5.41, 5.74) is 8.42. The number of ether oxygens (including phenoxy) is 1. The third kappa shape index (κ3) is 3.24. The molecular formula is C15H17N3OS. The summed E-state index contributed by atoms with van der Waals surface area (Å²) in [7, 11) is 1.66. The van der Waals surface area contributed by atoms with Crippen LogP contribution < -0.4 is 15.8 Å². The average molecular weight is 287 g/mol. The number of nitrogens with one attached hydrogen (secondary N) is 1. The fourth-order valence-electron chi connectivity index (χ4n) is 1.92. The molecule has 0 unspecified atom stereocenters. The second-order valence-corrected chi connectivity index (χ2v) is 4.82. The van der Waals surface area contributed by atoms with Crippen molar-refractivity contribution in [1.29, 1.82) is 0 Å². The van der Waals surface area contributed by atoms with Gasteiger partial charge in [0.1, 0.15) is 16.6 Å². The van der Waals surface area contributed by atoms with Crippen molar-refractivity contribution in [3.05, 3.63) is 53.2 Å². The van der Waals surface area contributed by atoms with E-state index >= 15 is 0 Å². The van der Waals surface area contributed by atoms with Gasteiger partial charge in [-0.15, -0.1) is 0 Å². The fraction of sp³-hybridized carbons (Fsp3) is 0.200. The van der Waals surface area contributed by atoms with Crippen molar-refractivity contribution < 1.29 is 4.74 Å². The quantitative estimate of drug-likeness (QED) is 0.828. The Hall–Kier alpha value is -2.14. The number of anilines is 1. The van der Waals surface area contributed by atoms with Gasteiger partial charge in [-0.25, -0.2) is 4.98 Å². The number of benzene rings is 1. The zero-order chi connectivity index (χ0) is 14.5. The van der Waals surface area contributed by atoms with Gasteiger partial charge < -0.3 is 15.8 Å². The molecule has 0 aliphatic heterocycles. The largest absolute Gasteiger partial charge is 0.496 e. The van der Waals surface area contributed by atoms with E-state index in [4.69, 9.17) is 22.7 Å². The lowest BCUT2D eigenvalue weighted by Gasteiger charge is -2.13. The molecule has 5 heteroatoms. The van der Waals surface area contributed by atoms with Crippen molar-refractivity contribution in [3.63, 3.8) is 0 Å². The van der Waals surface area contributed by atoms with Crippen molar-refractivity contribution in [3.8, 4) is 5.75 Å². The monoisotopic (exact) mass is 287 g/mol. The van der Waals surface area contributed by atoms with E-state index in [1.807, 2.05) is 43.3 Å². The first-order valence-electron chi connectivity index (χ1n) is 6.25. The summed E-state index contributed by atoms with van der Waals surface area (Å²) < 4.78 is 5.32. The Morgan fingerprint density at radius 2 is 2.05 bits per heavy atom. The van der Waals surface area contributed by atoms with Crippen molar-refractivity contribution in [1.82, 2.24) is 4.98 Å². The minimum absolute atomic E-state index is 0.333. The van der Waals surface area contributed by atoms with Crippen LogP contribution in [0, 0.1) is 6.92 Å². The maximum absolute atomic E-state index is 5.72. The third-order valence-electron chi connectivity index (χ3n) is 2.94. The Bertz CT molecular complexity index is 628. The van der Waals surface area contributed by atoms with Crippen LogP contribution in [0.4, 0.5) is 5.82 Å². The molecule has 1 aromatic carbocycles. The van der Waals surface area contributed by atoms with Crippen LogP contribution >= 0.6 is 12.2 Å². The number of nitrogens with zero attached hydrogens (tertiary/aromatic N) is 1. The highest BCUT2D eigenvalue weighted by Crippen LogP contribution is 2.20. The lowest BCUT2D eigenvalue weighted by molar-refractivity contribution is 0.410. The fourth-order valence-corrected chi connectivity index (χ4v) is 2.08. The Kier molecular flexibility index (Phi) is 4.53. The van der Waals surface area contributed by atoms with Gasteiger partial charge in [-0.2, -0.15) is 0 Å². The van der Waals surface area contributed by atoms with Crippen LogP contribution in [0.25, 0.3) is 0 Å². The van der Waals surface area contributed by atoms with Crippen molar-refractivity contribution in [2.24, 2.45) is 5.73 Å². The molecule has 0 spiro atoms. The Morgan fingerprint density at radius 1 is 1.30 bits per heavy atom.